The maximum Gasteiger partial charge on any atom is 0.185 e. The number of nitrogens with one attached hydrogen (secondary N) is 1. The predicted molar refractivity (Wildman–Crippen MR) is 87.8 cm³/mol. The van der Waals surface area contributed by atoms with E-state index in [1.807, 2.05) is 13.1 Å². The first-order chi connectivity index (χ1) is 9.60. The fourth-order valence-electron chi connectivity index (χ4n) is 1.91. The van der Waals surface area contributed by atoms with Gasteiger partial charge in [0.15, 0.2) is 5.13 Å². The quantitative estimate of drug-likeness (QED) is 0.848. The predicted octanol–water partition coefficient (Wildman–Crippen LogP) is 3.61. The molecule has 20 heavy (non-hydrogen) atoms. The molecule has 0 saturated carbocycles. The molecule has 2 aromatic heterocycles. The first-order valence-electron chi connectivity index (χ1n) is 6.91. The molecule has 0 aromatic carbocycles. The van der Waals surface area contributed by atoms with Crippen LogP contribution in [0.1, 0.15) is 41.9 Å². The Bertz CT molecular complexity index is 535. The first kappa shape index (κ1) is 15.4. The topological polar surface area (TPSA) is 41.1 Å². The van der Waals surface area contributed by atoms with Gasteiger partial charge < -0.3 is 10.2 Å². The van der Waals surface area contributed by atoms with Crippen LogP contribution < -0.4 is 10.2 Å². The van der Waals surface area contributed by atoms with E-state index in [2.05, 4.69) is 46.5 Å². The fourth-order valence-corrected chi connectivity index (χ4v) is 3.41. The van der Waals surface area contributed by atoms with Crippen molar-refractivity contribution in [3.05, 3.63) is 27.2 Å². The van der Waals surface area contributed by atoms with Crippen molar-refractivity contribution in [1.82, 2.24) is 15.3 Å². The summed E-state index contributed by atoms with van der Waals surface area (Å²) in [4.78, 5) is 12.5. The lowest BCUT2D eigenvalue weighted by atomic mass is 10.3. The van der Waals surface area contributed by atoms with E-state index in [0.717, 1.165) is 35.3 Å². The molecule has 0 radical (unpaired) electrons. The summed E-state index contributed by atoms with van der Waals surface area (Å²) in [5.74, 6) is 0. The molecule has 2 heterocycles. The van der Waals surface area contributed by atoms with E-state index in [-0.39, 0.29) is 0 Å². The number of rotatable bonds is 7. The molecule has 0 saturated heterocycles. The Balaban J connectivity index is 1.97. The van der Waals surface area contributed by atoms with Gasteiger partial charge in [0.05, 0.1) is 17.2 Å². The number of hydrogen-bond acceptors (Lipinski definition) is 6. The molecule has 1 atom stereocenters. The van der Waals surface area contributed by atoms with E-state index >= 15 is 0 Å². The third-order valence-corrected chi connectivity index (χ3v) is 5.15. The van der Waals surface area contributed by atoms with E-state index in [1.165, 1.54) is 4.88 Å². The Morgan fingerprint density at radius 1 is 1.45 bits per heavy atom. The van der Waals surface area contributed by atoms with Gasteiger partial charge in [-0.3, -0.25) is 0 Å². The van der Waals surface area contributed by atoms with E-state index in [4.69, 9.17) is 0 Å². The SMILES string of the molecule is CCCNC(C)c1cnc(N(C)Cc2csc(C)n2)s1. The Morgan fingerprint density at radius 2 is 2.25 bits per heavy atom. The van der Waals surface area contributed by atoms with Gasteiger partial charge in [0, 0.05) is 29.5 Å². The molecule has 2 aromatic rings. The summed E-state index contributed by atoms with van der Waals surface area (Å²) in [5, 5.41) is 7.78. The van der Waals surface area contributed by atoms with Crippen LogP contribution in [0.3, 0.4) is 0 Å². The van der Waals surface area contributed by atoms with E-state index in [9.17, 15) is 0 Å². The van der Waals surface area contributed by atoms with Crippen LogP contribution in [0.15, 0.2) is 11.6 Å². The third kappa shape index (κ3) is 4.01. The van der Waals surface area contributed by atoms with E-state index in [1.54, 1.807) is 22.7 Å². The molecule has 4 nitrogen and oxygen atoms in total. The van der Waals surface area contributed by atoms with Crippen LogP contribution in [0.5, 0.6) is 0 Å². The van der Waals surface area contributed by atoms with E-state index < -0.39 is 0 Å². The van der Waals surface area contributed by atoms with Crippen molar-refractivity contribution in [2.45, 2.75) is 39.8 Å². The molecule has 0 aliphatic heterocycles. The monoisotopic (exact) mass is 310 g/mol. The molecule has 6 heteroatoms. The standard InChI is InChI=1S/C14H22N4S2/c1-5-6-15-10(2)13-7-16-14(20-13)18(4)8-12-9-19-11(3)17-12/h7,9-10,15H,5-6,8H2,1-4H3. The second kappa shape index (κ2) is 7.15. The number of aryl methyl sites for hydroxylation is 1. The summed E-state index contributed by atoms with van der Waals surface area (Å²) in [7, 11) is 2.07. The van der Waals surface area contributed by atoms with Crippen LogP contribution in [0.25, 0.3) is 0 Å². The first-order valence-corrected chi connectivity index (χ1v) is 8.61. The molecule has 1 N–H and O–H groups in total. The highest BCUT2D eigenvalue weighted by molar-refractivity contribution is 7.15. The van der Waals surface area contributed by atoms with Crippen LogP contribution >= 0.6 is 22.7 Å². The van der Waals surface area contributed by atoms with Gasteiger partial charge in [0.2, 0.25) is 0 Å². The molecule has 1 unspecified atom stereocenters. The zero-order chi connectivity index (χ0) is 14.5. The van der Waals surface area contributed by atoms with Crippen LogP contribution in [0, 0.1) is 6.92 Å². The average Bonchev–Trinajstić information content (AvgIpc) is 3.05. The minimum Gasteiger partial charge on any atom is -0.345 e. The summed E-state index contributed by atoms with van der Waals surface area (Å²) in [6.45, 7) is 8.27. The Hall–Kier alpha value is -0.980. The zero-order valence-electron chi connectivity index (χ0n) is 12.5. The number of aromatic nitrogens is 2. The van der Waals surface area contributed by atoms with Crippen molar-refractivity contribution < 1.29 is 0 Å². The summed E-state index contributed by atoms with van der Waals surface area (Å²) in [6, 6.07) is 0.371. The van der Waals surface area contributed by atoms with Gasteiger partial charge in [0.25, 0.3) is 0 Å². The third-order valence-electron chi connectivity index (χ3n) is 3.03. The van der Waals surface area contributed by atoms with Gasteiger partial charge in [-0.1, -0.05) is 6.92 Å². The Labute approximate surface area is 128 Å². The van der Waals surface area contributed by atoms with E-state index in [0.29, 0.717) is 6.04 Å². The summed E-state index contributed by atoms with van der Waals surface area (Å²) < 4.78 is 0. The normalized spacial score (nSPS) is 12.6. The molecule has 0 fully saturated rings. The highest BCUT2D eigenvalue weighted by atomic mass is 32.1. The molecule has 0 amide bonds. The van der Waals surface area contributed by atoms with Crippen LogP contribution in [-0.4, -0.2) is 23.6 Å². The molecule has 0 aliphatic carbocycles. The lowest BCUT2D eigenvalue weighted by Crippen LogP contribution is -2.18. The Morgan fingerprint density at radius 3 is 2.90 bits per heavy atom. The molecule has 110 valence electrons. The molecule has 0 spiro atoms. The van der Waals surface area contributed by atoms with Gasteiger partial charge in [-0.15, -0.1) is 22.7 Å². The highest BCUT2D eigenvalue weighted by Gasteiger charge is 2.12. The minimum atomic E-state index is 0.371. The van der Waals surface area contributed by atoms with Crippen molar-refractivity contribution in [1.29, 1.82) is 0 Å². The van der Waals surface area contributed by atoms with Crippen molar-refractivity contribution >= 4 is 27.8 Å². The fraction of sp³-hybridized carbons (Fsp3) is 0.571. The number of thiazole rings is 2. The van der Waals surface area contributed by atoms with Gasteiger partial charge in [-0.05, 0) is 26.8 Å². The average molecular weight is 310 g/mol. The second-order valence-electron chi connectivity index (χ2n) is 4.93. The van der Waals surface area contributed by atoms with Crippen molar-refractivity contribution in [3.8, 4) is 0 Å². The lowest BCUT2D eigenvalue weighted by Gasteiger charge is -2.14. The molecule has 2 rings (SSSR count). The molecular weight excluding hydrogens is 288 g/mol. The summed E-state index contributed by atoms with van der Waals surface area (Å²) in [5.41, 5.74) is 1.11. The molecule has 0 bridgehead atoms. The van der Waals surface area contributed by atoms with Crippen molar-refractivity contribution in [3.63, 3.8) is 0 Å². The maximum atomic E-state index is 4.53. The van der Waals surface area contributed by atoms with Crippen LogP contribution in [-0.2, 0) is 6.54 Å². The van der Waals surface area contributed by atoms with Gasteiger partial charge in [0.1, 0.15) is 0 Å². The number of anilines is 1. The molecule has 0 aliphatic rings. The van der Waals surface area contributed by atoms with Crippen molar-refractivity contribution in [2.75, 3.05) is 18.5 Å². The second-order valence-corrected chi connectivity index (χ2v) is 7.04. The lowest BCUT2D eigenvalue weighted by molar-refractivity contribution is 0.577. The number of nitrogens with zero attached hydrogens (tertiary/aromatic N) is 3. The van der Waals surface area contributed by atoms with Crippen molar-refractivity contribution in [2.24, 2.45) is 0 Å². The zero-order valence-corrected chi connectivity index (χ0v) is 14.1. The molecular formula is C14H22N4S2. The van der Waals surface area contributed by atoms with Crippen LogP contribution in [0.4, 0.5) is 5.13 Å². The smallest absolute Gasteiger partial charge is 0.185 e. The van der Waals surface area contributed by atoms with Gasteiger partial charge >= 0.3 is 0 Å². The largest absolute Gasteiger partial charge is 0.345 e. The van der Waals surface area contributed by atoms with Gasteiger partial charge in [-0.25, -0.2) is 9.97 Å². The number of hydrogen-bond donors (Lipinski definition) is 1. The summed E-state index contributed by atoms with van der Waals surface area (Å²) >= 11 is 3.45. The van der Waals surface area contributed by atoms with Crippen LogP contribution in [0.2, 0.25) is 0 Å². The van der Waals surface area contributed by atoms with Gasteiger partial charge in [-0.2, -0.15) is 0 Å². The maximum absolute atomic E-state index is 4.53. The summed E-state index contributed by atoms with van der Waals surface area (Å²) in [6.07, 6.45) is 3.13. The minimum absolute atomic E-state index is 0.371. The Kier molecular flexibility index (Phi) is 5.51. The highest BCUT2D eigenvalue weighted by Crippen LogP contribution is 2.27.